The number of anilines is 1. The summed E-state index contributed by atoms with van der Waals surface area (Å²) in [6.45, 7) is 2.78. The molecule has 0 bridgehead atoms. The normalized spacial score (nSPS) is 18.5. The molecule has 1 heterocycles. The third kappa shape index (κ3) is 3.77. The molecule has 138 valence electrons. The van der Waals surface area contributed by atoms with Crippen LogP contribution < -0.4 is 5.32 Å². The van der Waals surface area contributed by atoms with Crippen LogP contribution in [0.4, 0.5) is 10.1 Å². The van der Waals surface area contributed by atoms with Crippen molar-refractivity contribution in [3.8, 4) is 0 Å². The predicted molar refractivity (Wildman–Crippen MR) is 95.0 cm³/mol. The maximum atomic E-state index is 13.6. The van der Waals surface area contributed by atoms with Crippen LogP contribution in [0.1, 0.15) is 17.3 Å². The second kappa shape index (κ2) is 7.53. The van der Waals surface area contributed by atoms with E-state index in [9.17, 15) is 17.6 Å². The third-order valence-corrected chi connectivity index (χ3v) is 6.18. The highest BCUT2D eigenvalue weighted by molar-refractivity contribution is 7.89. The van der Waals surface area contributed by atoms with Gasteiger partial charge in [-0.25, -0.2) is 12.8 Å². The van der Waals surface area contributed by atoms with Crippen LogP contribution in [0.15, 0.2) is 53.4 Å². The summed E-state index contributed by atoms with van der Waals surface area (Å²) >= 11 is 0. The number of hydrogen-bond donors (Lipinski definition) is 1. The molecule has 1 atom stereocenters. The van der Waals surface area contributed by atoms with Gasteiger partial charge in [0.15, 0.2) is 0 Å². The highest BCUT2D eigenvalue weighted by atomic mass is 32.2. The van der Waals surface area contributed by atoms with Crippen molar-refractivity contribution in [1.82, 2.24) is 4.31 Å². The lowest BCUT2D eigenvalue weighted by Gasteiger charge is -2.32. The Hall–Kier alpha value is -2.29. The molecular formula is C18H19FN2O4S. The molecular weight excluding hydrogens is 359 g/mol. The number of nitrogens with zero attached hydrogens (tertiary/aromatic N) is 1. The highest BCUT2D eigenvalue weighted by Crippen LogP contribution is 2.21. The molecule has 1 aliphatic heterocycles. The summed E-state index contributed by atoms with van der Waals surface area (Å²) in [6, 6.07) is 11.2. The first-order valence-corrected chi connectivity index (χ1v) is 9.59. The van der Waals surface area contributed by atoms with E-state index < -0.39 is 21.7 Å². The minimum atomic E-state index is -3.66. The van der Waals surface area contributed by atoms with Crippen LogP contribution in [0, 0.1) is 5.82 Å². The van der Waals surface area contributed by atoms with E-state index in [0.717, 1.165) is 0 Å². The Kier molecular flexibility index (Phi) is 5.36. The van der Waals surface area contributed by atoms with Gasteiger partial charge in [-0.1, -0.05) is 12.1 Å². The lowest BCUT2D eigenvalue weighted by atomic mass is 10.2. The number of halogens is 1. The smallest absolute Gasteiger partial charge is 0.255 e. The Morgan fingerprint density at radius 2 is 1.88 bits per heavy atom. The molecule has 1 amide bonds. The number of ether oxygens (including phenoxy) is 1. The van der Waals surface area contributed by atoms with E-state index in [1.807, 2.05) is 0 Å². The lowest BCUT2D eigenvalue weighted by molar-refractivity contribution is 0.0393. The number of carbonyl (C=O) groups excluding carboxylic acids is 1. The average molecular weight is 378 g/mol. The Balaban J connectivity index is 1.77. The fraction of sp³-hybridized carbons (Fsp3) is 0.278. The molecule has 2 aromatic carbocycles. The summed E-state index contributed by atoms with van der Waals surface area (Å²) in [4.78, 5) is 12.3. The summed E-state index contributed by atoms with van der Waals surface area (Å²) in [5.74, 6) is -1.06. The molecule has 1 N–H and O–H groups in total. The Morgan fingerprint density at radius 3 is 2.54 bits per heavy atom. The van der Waals surface area contributed by atoms with Crippen LogP contribution in [-0.2, 0) is 14.8 Å². The topological polar surface area (TPSA) is 75.7 Å². The standard InChI is InChI=1S/C18H19FN2O4S/c1-13-12-25-11-10-21(13)26(23,24)15-8-6-14(7-9-15)18(22)20-17-5-3-2-4-16(17)19/h2-9,13H,10-12H2,1H3,(H,20,22). The number of para-hydroxylation sites is 1. The van der Waals surface area contributed by atoms with Gasteiger partial charge in [0.1, 0.15) is 5.82 Å². The van der Waals surface area contributed by atoms with Gasteiger partial charge in [0.25, 0.3) is 5.91 Å². The van der Waals surface area contributed by atoms with Crippen molar-refractivity contribution >= 4 is 21.6 Å². The number of carbonyl (C=O) groups is 1. The number of amides is 1. The van der Waals surface area contributed by atoms with E-state index in [0.29, 0.717) is 19.8 Å². The predicted octanol–water partition coefficient (Wildman–Crippen LogP) is 2.49. The number of benzene rings is 2. The number of nitrogens with one attached hydrogen (secondary N) is 1. The zero-order chi connectivity index (χ0) is 18.7. The molecule has 0 aliphatic carbocycles. The van der Waals surface area contributed by atoms with Gasteiger partial charge < -0.3 is 10.1 Å². The molecule has 0 spiro atoms. The lowest BCUT2D eigenvalue weighted by Crippen LogP contribution is -2.46. The molecule has 1 unspecified atom stereocenters. The van der Waals surface area contributed by atoms with Crippen molar-refractivity contribution in [3.63, 3.8) is 0 Å². The number of sulfonamides is 1. The minimum Gasteiger partial charge on any atom is -0.378 e. The first-order valence-electron chi connectivity index (χ1n) is 8.15. The molecule has 2 aromatic rings. The van der Waals surface area contributed by atoms with Crippen molar-refractivity contribution < 1.29 is 22.3 Å². The van der Waals surface area contributed by atoms with Crippen LogP contribution in [0.25, 0.3) is 0 Å². The number of morpholine rings is 1. The fourth-order valence-electron chi connectivity index (χ4n) is 2.74. The molecule has 1 fully saturated rings. The average Bonchev–Trinajstić information content (AvgIpc) is 2.64. The van der Waals surface area contributed by atoms with Gasteiger partial charge >= 0.3 is 0 Å². The molecule has 8 heteroatoms. The van der Waals surface area contributed by atoms with E-state index in [1.165, 1.54) is 46.8 Å². The molecule has 0 radical (unpaired) electrons. The zero-order valence-corrected chi connectivity index (χ0v) is 15.0. The zero-order valence-electron chi connectivity index (χ0n) is 14.2. The second-order valence-electron chi connectivity index (χ2n) is 6.00. The van der Waals surface area contributed by atoms with Crippen LogP contribution >= 0.6 is 0 Å². The van der Waals surface area contributed by atoms with Gasteiger partial charge in [0.2, 0.25) is 10.0 Å². The summed E-state index contributed by atoms with van der Waals surface area (Å²) < 4.78 is 45.8. The summed E-state index contributed by atoms with van der Waals surface area (Å²) in [5.41, 5.74) is 0.304. The first kappa shape index (κ1) is 18.5. The molecule has 3 rings (SSSR count). The maximum Gasteiger partial charge on any atom is 0.255 e. The Labute approximate surface area is 151 Å². The van der Waals surface area contributed by atoms with E-state index in [1.54, 1.807) is 13.0 Å². The van der Waals surface area contributed by atoms with Gasteiger partial charge in [-0.2, -0.15) is 4.31 Å². The Bertz CT molecular complexity index is 900. The van der Waals surface area contributed by atoms with Crippen LogP contribution in [0.3, 0.4) is 0 Å². The third-order valence-electron chi connectivity index (χ3n) is 4.15. The molecule has 0 saturated carbocycles. The van der Waals surface area contributed by atoms with Crippen molar-refractivity contribution in [1.29, 1.82) is 0 Å². The van der Waals surface area contributed by atoms with Crippen molar-refractivity contribution in [2.45, 2.75) is 17.9 Å². The Morgan fingerprint density at radius 1 is 1.19 bits per heavy atom. The molecule has 6 nitrogen and oxygen atoms in total. The van der Waals surface area contributed by atoms with Gasteiger partial charge in [-0.15, -0.1) is 0 Å². The second-order valence-corrected chi connectivity index (χ2v) is 7.89. The quantitative estimate of drug-likeness (QED) is 0.887. The van der Waals surface area contributed by atoms with Crippen molar-refractivity contribution in [3.05, 3.63) is 59.9 Å². The summed E-state index contributed by atoms with van der Waals surface area (Å²) in [7, 11) is -3.66. The number of hydrogen-bond acceptors (Lipinski definition) is 4. The maximum absolute atomic E-state index is 13.6. The van der Waals surface area contributed by atoms with Gasteiger partial charge in [0.05, 0.1) is 23.8 Å². The summed E-state index contributed by atoms with van der Waals surface area (Å²) in [6.07, 6.45) is 0. The SMILES string of the molecule is CC1COCCN1S(=O)(=O)c1ccc(C(=O)Nc2ccccc2F)cc1. The summed E-state index contributed by atoms with van der Waals surface area (Å²) in [5, 5.41) is 2.46. The van der Waals surface area contributed by atoms with E-state index in [-0.39, 0.29) is 22.2 Å². The van der Waals surface area contributed by atoms with Gasteiger partial charge in [0, 0.05) is 18.2 Å². The monoisotopic (exact) mass is 378 g/mol. The fourth-order valence-corrected chi connectivity index (χ4v) is 4.34. The van der Waals surface area contributed by atoms with Crippen LogP contribution in [-0.4, -0.2) is 44.4 Å². The minimum absolute atomic E-state index is 0.0661. The van der Waals surface area contributed by atoms with Crippen molar-refractivity contribution in [2.24, 2.45) is 0 Å². The largest absolute Gasteiger partial charge is 0.378 e. The van der Waals surface area contributed by atoms with Crippen LogP contribution in [0.2, 0.25) is 0 Å². The molecule has 1 aliphatic rings. The molecule has 0 aromatic heterocycles. The number of rotatable bonds is 4. The van der Waals surface area contributed by atoms with Crippen molar-refractivity contribution in [2.75, 3.05) is 25.1 Å². The van der Waals surface area contributed by atoms with Crippen LogP contribution in [0.5, 0.6) is 0 Å². The van der Waals surface area contributed by atoms with E-state index >= 15 is 0 Å². The molecule has 26 heavy (non-hydrogen) atoms. The first-order chi connectivity index (χ1) is 12.4. The highest BCUT2D eigenvalue weighted by Gasteiger charge is 2.31. The van der Waals surface area contributed by atoms with Gasteiger partial charge in [-0.3, -0.25) is 4.79 Å². The molecule has 1 saturated heterocycles. The van der Waals surface area contributed by atoms with E-state index in [2.05, 4.69) is 5.32 Å². The van der Waals surface area contributed by atoms with Gasteiger partial charge in [-0.05, 0) is 43.3 Å². The van der Waals surface area contributed by atoms with E-state index in [4.69, 9.17) is 4.74 Å².